The van der Waals surface area contributed by atoms with Gasteiger partial charge in [-0.25, -0.2) is 0 Å². The first-order valence-electron chi connectivity index (χ1n) is 6.10. The van der Waals surface area contributed by atoms with Gasteiger partial charge in [0.25, 0.3) is 0 Å². The normalized spacial score (nSPS) is 18.9. The van der Waals surface area contributed by atoms with Gasteiger partial charge in [-0.15, -0.1) is 11.3 Å². The molecule has 0 aliphatic carbocycles. The van der Waals surface area contributed by atoms with Crippen molar-refractivity contribution in [3.63, 3.8) is 0 Å². The van der Waals surface area contributed by atoms with Gasteiger partial charge in [0.1, 0.15) is 12.1 Å². The Morgan fingerprint density at radius 3 is 2.61 bits per heavy atom. The first kappa shape index (κ1) is 13.1. The molecule has 1 fully saturated rings. The van der Waals surface area contributed by atoms with E-state index in [9.17, 15) is 9.59 Å². The van der Waals surface area contributed by atoms with Crippen LogP contribution in [0.1, 0.15) is 30.5 Å². The Labute approximate surface area is 111 Å². The molecular weight excluding hydrogens is 248 g/mol. The van der Waals surface area contributed by atoms with E-state index in [0.29, 0.717) is 6.54 Å². The lowest BCUT2D eigenvalue weighted by Gasteiger charge is -2.37. The summed E-state index contributed by atoms with van der Waals surface area (Å²) >= 11 is 1.70. The first-order chi connectivity index (χ1) is 8.42. The third kappa shape index (κ3) is 2.56. The Kier molecular flexibility index (Phi) is 3.43. The minimum atomic E-state index is -0.791. The minimum absolute atomic E-state index is 0.0199. The lowest BCUT2D eigenvalue weighted by molar-refractivity contribution is -0.148. The summed E-state index contributed by atoms with van der Waals surface area (Å²) in [5, 5.41) is 2.71. The average Bonchev–Trinajstić information content (AvgIpc) is 2.72. The lowest BCUT2D eigenvalue weighted by atomic mass is 10.0. The Bertz CT molecular complexity index is 479. The highest BCUT2D eigenvalue weighted by Crippen LogP contribution is 2.21. The van der Waals surface area contributed by atoms with E-state index in [1.165, 1.54) is 4.88 Å². The van der Waals surface area contributed by atoms with Crippen LogP contribution in [-0.2, 0) is 22.6 Å². The minimum Gasteiger partial charge on any atom is -0.341 e. The van der Waals surface area contributed by atoms with E-state index < -0.39 is 5.54 Å². The standard InChI is InChI=1S/C13H18N2O2S/c1-4-9-5-6-10(18-9)7-15-8-11(16)14-13(2,3)12(15)17/h5-6H,4,7-8H2,1-3H3,(H,14,16). The van der Waals surface area contributed by atoms with Gasteiger partial charge in [0.2, 0.25) is 11.8 Å². The van der Waals surface area contributed by atoms with Gasteiger partial charge >= 0.3 is 0 Å². The van der Waals surface area contributed by atoms with E-state index in [1.807, 2.05) is 6.07 Å². The van der Waals surface area contributed by atoms with Gasteiger partial charge in [-0.2, -0.15) is 0 Å². The number of hydrogen-bond donors (Lipinski definition) is 1. The van der Waals surface area contributed by atoms with E-state index in [4.69, 9.17) is 0 Å². The van der Waals surface area contributed by atoms with E-state index in [1.54, 1.807) is 30.1 Å². The molecule has 2 heterocycles. The van der Waals surface area contributed by atoms with Crippen molar-refractivity contribution in [3.8, 4) is 0 Å². The Morgan fingerprint density at radius 1 is 1.33 bits per heavy atom. The van der Waals surface area contributed by atoms with Crippen molar-refractivity contribution in [2.24, 2.45) is 0 Å². The smallest absolute Gasteiger partial charge is 0.248 e. The predicted molar refractivity (Wildman–Crippen MR) is 71.3 cm³/mol. The molecule has 1 N–H and O–H groups in total. The summed E-state index contributed by atoms with van der Waals surface area (Å²) in [6.07, 6.45) is 1.00. The van der Waals surface area contributed by atoms with Crippen LogP contribution in [0.15, 0.2) is 12.1 Å². The molecule has 0 radical (unpaired) electrons. The number of nitrogens with one attached hydrogen (secondary N) is 1. The van der Waals surface area contributed by atoms with Gasteiger partial charge in [0.05, 0.1) is 6.54 Å². The van der Waals surface area contributed by atoms with Gasteiger partial charge < -0.3 is 10.2 Å². The van der Waals surface area contributed by atoms with E-state index >= 15 is 0 Å². The number of rotatable bonds is 3. The SMILES string of the molecule is CCc1ccc(CN2CC(=O)NC(C)(C)C2=O)s1. The van der Waals surface area contributed by atoms with Crippen molar-refractivity contribution >= 4 is 23.2 Å². The fraction of sp³-hybridized carbons (Fsp3) is 0.538. The number of aryl methyl sites for hydroxylation is 1. The highest BCUT2D eigenvalue weighted by Gasteiger charge is 2.38. The van der Waals surface area contributed by atoms with Crippen molar-refractivity contribution in [3.05, 3.63) is 21.9 Å². The molecule has 1 aliphatic rings. The van der Waals surface area contributed by atoms with Gasteiger partial charge in [0.15, 0.2) is 0 Å². The molecule has 1 aliphatic heterocycles. The fourth-order valence-corrected chi connectivity index (χ4v) is 3.07. The van der Waals surface area contributed by atoms with E-state index in [2.05, 4.69) is 18.3 Å². The number of hydrogen-bond acceptors (Lipinski definition) is 3. The van der Waals surface area contributed by atoms with Crippen molar-refractivity contribution in [1.29, 1.82) is 0 Å². The average molecular weight is 266 g/mol. The van der Waals surface area contributed by atoms with Crippen LogP contribution in [0.3, 0.4) is 0 Å². The second kappa shape index (κ2) is 4.72. The number of piperazine rings is 1. The summed E-state index contributed by atoms with van der Waals surface area (Å²) < 4.78 is 0. The number of thiophene rings is 1. The van der Waals surface area contributed by atoms with Crippen molar-refractivity contribution < 1.29 is 9.59 Å². The van der Waals surface area contributed by atoms with Crippen LogP contribution < -0.4 is 5.32 Å². The molecule has 1 saturated heterocycles. The maximum absolute atomic E-state index is 12.2. The Hall–Kier alpha value is -1.36. The largest absolute Gasteiger partial charge is 0.341 e. The summed E-state index contributed by atoms with van der Waals surface area (Å²) in [7, 11) is 0. The van der Waals surface area contributed by atoms with Gasteiger partial charge in [-0.1, -0.05) is 6.92 Å². The van der Waals surface area contributed by atoms with Crippen LogP contribution in [0.25, 0.3) is 0 Å². The number of carbonyl (C=O) groups excluding carboxylic acids is 2. The molecule has 1 aromatic heterocycles. The zero-order valence-electron chi connectivity index (χ0n) is 10.9. The molecule has 5 heteroatoms. The quantitative estimate of drug-likeness (QED) is 0.902. The summed E-state index contributed by atoms with van der Waals surface area (Å²) in [6.45, 7) is 6.27. The zero-order valence-corrected chi connectivity index (χ0v) is 11.8. The van der Waals surface area contributed by atoms with Crippen molar-refractivity contribution in [2.45, 2.75) is 39.3 Å². The third-order valence-corrected chi connectivity index (χ3v) is 4.24. The van der Waals surface area contributed by atoms with Crippen LogP contribution in [0.2, 0.25) is 0 Å². The maximum Gasteiger partial charge on any atom is 0.248 e. The Balaban J connectivity index is 2.12. The molecule has 1 aromatic rings. The highest BCUT2D eigenvalue weighted by atomic mass is 32.1. The topological polar surface area (TPSA) is 49.4 Å². The molecule has 4 nitrogen and oxygen atoms in total. The summed E-state index contributed by atoms with van der Waals surface area (Å²) in [6, 6.07) is 4.12. The molecule has 98 valence electrons. The van der Waals surface area contributed by atoms with E-state index in [0.717, 1.165) is 11.3 Å². The molecule has 0 spiro atoms. The van der Waals surface area contributed by atoms with E-state index in [-0.39, 0.29) is 18.4 Å². The molecular formula is C13H18N2O2S. The lowest BCUT2D eigenvalue weighted by Crippen LogP contribution is -2.63. The van der Waals surface area contributed by atoms with Crippen LogP contribution in [-0.4, -0.2) is 28.8 Å². The second-order valence-electron chi connectivity index (χ2n) is 5.06. The van der Waals surface area contributed by atoms with Gasteiger partial charge in [-0.05, 0) is 32.4 Å². The monoisotopic (exact) mass is 266 g/mol. The third-order valence-electron chi connectivity index (χ3n) is 3.02. The predicted octanol–water partition coefficient (Wildman–Crippen LogP) is 1.55. The molecule has 0 atom stereocenters. The molecule has 0 aromatic carbocycles. The molecule has 0 unspecified atom stereocenters. The van der Waals surface area contributed by atoms with Gasteiger partial charge in [0, 0.05) is 9.75 Å². The van der Waals surface area contributed by atoms with Crippen molar-refractivity contribution in [2.75, 3.05) is 6.54 Å². The fourth-order valence-electron chi connectivity index (χ4n) is 2.10. The number of amides is 2. The van der Waals surface area contributed by atoms with Crippen molar-refractivity contribution in [1.82, 2.24) is 10.2 Å². The van der Waals surface area contributed by atoms with Gasteiger partial charge in [-0.3, -0.25) is 9.59 Å². The molecule has 18 heavy (non-hydrogen) atoms. The number of carbonyl (C=O) groups is 2. The number of nitrogens with zero attached hydrogens (tertiary/aromatic N) is 1. The van der Waals surface area contributed by atoms with Crippen LogP contribution >= 0.6 is 11.3 Å². The first-order valence-corrected chi connectivity index (χ1v) is 6.92. The molecule has 2 rings (SSSR count). The Morgan fingerprint density at radius 2 is 2.00 bits per heavy atom. The summed E-state index contributed by atoms with van der Waals surface area (Å²) in [4.78, 5) is 27.8. The maximum atomic E-state index is 12.2. The van der Waals surface area contributed by atoms with Crippen LogP contribution in [0.5, 0.6) is 0 Å². The van der Waals surface area contributed by atoms with Crippen LogP contribution in [0.4, 0.5) is 0 Å². The summed E-state index contributed by atoms with van der Waals surface area (Å²) in [5.41, 5.74) is -0.791. The molecule has 2 amide bonds. The second-order valence-corrected chi connectivity index (χ2v) is 6.31. The molecule has 0 saturated carbocycles. The zero-order chi connectivity index (χ0) is 13.3. The highest BCUT2D eigenvalue weighted by molar-refractivity contribution is 7.11. The molecule has 0 bridgehead atoms. The summed E-state index contributed by atoms with van der Waals surface area (Å²) in [5.74, 6) is -0.111. The van der Waals surface area contributed by atoms with Crippen LogP contribution in [0, 0.1) is 0 Å².